The molecule has 0 aliphatic carbocycles. The first-order chi connectivity index (χ1) is 34.7. The SMILES string of the molecule is C.C=[N+](O)c1cccc(C(=O)NO)c1N1CCC(CCCN(CC)CC)C1.C=[N+](O)c1cccc(C(=O)NO)c1N1CCc2ccccc2C1.O=C(NO)c1ccc(N2CCc3ccccc3C2)c([N+](=O)[O-])c1. The van der Waals surface area contributed by atoms with E-state index in [0.29, 0.717) is 66.1 Å². The summed E-state index contributed by atoms with van der Waals surface area (Å²) in [6.45, 7) is 18.9. The topological polar surface area (TPSA) is 251 Å². The van der Waals surface area contributed by atoms with Gasteiger partial charge in [-0.1, -0.05) is 81.9 Å². The number of para-hydroxylation sites is 2. The lowest BCUT2D eigenvalue weighted by Gasteiger charge is -2.31. The number of nitrogens with zero attached hydrogens (tertiary/aromatic N) is 7. The second kappa shape index (κ2) is 26.5. The first kappa shape index (κ1) is 56.0. The molecule has 73 heavy (non-hydrogen) atoms. The molecular formula is C53H68N10O10+2. The molecule has 5 aromatic rings. The van der Waals surface area contributed by atoms with E-state index in [1.807, 2.05) is 40.1 Å². The first-order valence-electron chi connectivity index (χ1n) is 23.8. The standard InChI is InChI=1S/C19H30N4O3.C17H17N3O3.C16H15N3O4.CH4/c1-4-22(5-2)12-7-8-15-11-13-23(14-15)18-16(19(24)20-25)9-6-10-17(18)21(3)26;1-19(23)15-8-4-7-14(17(21)18-22)16(15)20-10-9-12-5-2-3-6-13(12)11-20;20-16(17-21)12-5-6-14(15(9-12)19(22)23)18-8-7-11-3-1-2-4-13(11)10-18;/h6,9-10,15H,3-5,7-8,11-14H2,1-2H3,(H2-,20,24,25,26);2-8H,1,9-11H2,(H2-,18,21,22,23);1-6,9,21H,7-8,10H2,(H,17,20);1H4/p+2. The number of nitro groups is 1. The molecule has 20 nitrogen and oxygen atoms in total. The number of hydrogen-bond acceptors (Lipinski definition) is 14. The number of amides is 3. The van der Waals surface area contributed by atoms with Gasteiger partial charge >= 0.3 is 0 Å². The lowest BCUT2D eigenvalue weighted by Crippen LogP contribution is -2.33. The maximum absolute atomic E-state index is 12.0. The van der Waals surface area contributed by atoms with E-state index in [9.17, 15) is 34.9 Å². The molecule has 0 spiro atoms. The van der Waals surface area contributed by atoms with Crippen LogP contribution in [-0.4, -0.2) is 122 Å². The smallest absolute Gasteiger partial charge is 0.293 e. The van der Waals surface area contributed by atoms with Crippen LogP contribution in [0.4, 0.5) is 34.1 Å². The van der Waals surface area contributed by atoms with Gasteiger partial charge in [0.05, 0.1) is 16.1 Å². The van der Waals surface area contributed by atoms with Crippen molar-refractivity contribution in [2.75, 3.05) is 60.5 Å². The first-order valence-corrected chi connectivity index (χ1v) is 23.8. The van der Waals surface area contributed by atoms with E-state index in [2.05, 4.69) is 55.3 Å². The minimum atomic E-state index is -0.774. The van der Waals surface area contributed by atoms with Gasteiger partial charge in [-0.2, -0.15) is 0 Å². The molecule has 3 heterocycles. The lowest BCUT2D eigenvalue weighted by molar-refractivity contribution is -0.706. The molecule has 20 heteroatoms. The Hall–Kier alpha value is -7.91. The lowest BCUT2D eigenvalue weighted by atomic mass is 9.98. The molecule has 5 aromatic carbocycles. The van der Waals surface area contributed by atoms with Gasteiger partial charge in [-0.3, -0.25) is 50.5 Å². The molecule has 388 valence electrons. The zero-order valence-electron chi connectivity index (χ0n) is 40.6. The fraction of sp³-hybridized carbons (Fsp3) is 0.340. The van der Waals surface area contributed by atoms with Gasteiger partial charge in [0.25, 0.3) is 34.8 Å². The predicted octanol–water partition coefficient (Wildman–Crippen LogP) is 7.50. The highest BCUT2D eigenvalue weighted by Gasteiger charge is 2.32. The highest BCUT2D eigenvalue weighted by atomic mass is 16.6. The summed E-state index contributed by atoms with van der Waals surface area (Å²) in [7, 11) is 0. The highest BCUT2D eigenvalue weighted by molar-refractivity contribution is 6.02. The minimum Gasteiger partial charge on any atom is -0.365 e. The van der Waals surface area contributed by atoms with Crippen LogP contribution >= 0.6 is 0 Å². The van der Waals surface area contributed by atoms with Crippen molar-refractivity contribution < 1.29 is 54.8 Å². The summed E-state index contributed by atoms with van der Waals surface area (Å²) in [5.41, 5.74) is 12.7. The van der Waals surface area contributed by atoms with E-state index in [4.69, 9.17) is 15.6 Å². The third-order valence-electron chi connectivity index (χ3n) is 13.3. The van der Waals surface area contributed by atoms with Crippen molar-refractivity contribution >= 4 is 65.3 Å². The van der Waals surface area contributed by atoms with Crippen LogP contribution < -0.4 is 31.1 Å². The van der Waals surface area contributed by atoms with Crippen molar-refractivity contribution in [3.8, 4) is 0 Å². The van der Waals surface area contributed by atoms with Gasteiger partial charge in [-0.25, -0.2) is 16.4 Å². The van der Waals surface area contributed by atoms with Crippen molar-refractivity contribution in [3.05, 3.63) is 152 Å². The Labute approximate surface area is 425 Å². The Balaban J connectivity index is 0.000000202. The Morgan fingerprint density at radius 3 is 1.64 bits per heavy atom. The van der Waals surface area contributed by atoms with Crippen molar-refractivity contribution in [2.45, 2.75) is 66.5 Å². The maximum atomic E-state index is 12.0. The van der Waals surface area contributed by atoms with Gasteiger partial charge < -0.3 is 19.6 Å². The quantitative estimate of drug-likeness (QED) is 0.0126. The van der Waals surface area contributed by atoms with Gasteiger partial charge in [0.15, 0.2) is 13.4 Å². The number of nitrogens with one attached hydrogen (secondary N) is 3. The van der Waals surface area contributed by atoms with Crippen LogP contribution in [0.1, 0.15) is 93.9 Å². The number of hydrogen-bond donors (Lipinski definition) is 8. The molecule has 3 amide bonds. The number of benzene rings is 5. The summed E-state index contributed by atoms with van der Waals surface area (Å²) in [5, 5.41) is 57.7. The molecule has 0 saturated carbocycles. The maximum Gasteiger partial charge on any atom is 0.293 e. The van der Waals surface area contributed by atoms with Crippen molar-refractivity contribution in [2.24, 2.45) is 5.92 Å². The molecule has 1 fully saturated rings. The zero-order chi connectivity index (χ0) is 51.9. The summed E-state index contributed by atoms with van der Waals surface area (Å²) in [6, 6.07) is 30.3. The monoisotopic (exact) mass is 1000 g/mol. The van der Waals surface area contributed by atoms with E-state index < -0.39 is 22.6 Å². The van der Waals surface area contributed by atoms with Crippen molar-refractivity contribution in [1.82, 2.24) is 21.3 Å². The molecule has 0 bridgehead atoms. The average Bonchev–Trinajstić information content (AvgIpc) is 3.89. The van der Waals surface area contributed by atoms with Crippen molar-refractivity contribution in [3.63, 3.8) is 0 Å². The van der Waals surface area contributed by atoms with Gasteiger partial charge in [0.1, 0.15) is 17.1 Å². The van der Waals surface area contributed by atoms with Crippen LogP contribution in [0.2, 0.25) is 0 Å². The summed E-state index contributed by atoms with van der Waals surface area (Å²) in [5.74, 6) is -1.43. The van der Waals surface area contributed by atoms with E-state index in [1.165, 1.54) is 34.3 Å². The van der Waals surface area contributed by atoms with Crippen LogP contribution in [0, 0.1) is 16.0 Å². The van der Waals surface area contributed by atoms with Gasteiger partial charge in [-0.05, 0) is 104 Å². The van der Waals surface area contributed by atoms with Crippen LogP contribution in [0.5, 0.6) is 0 Å². The Kier molecular flexibility index (Phi) is 20.3. The van der Waals surface area contributed by atoms with E-state index in [1.54, 1.807) is 53.4 Å². The Morgan fingerprint density at radius 1 is 0.658 bits per heavy atom. The highest BCUT2D eigenvalue weighted by Crippen LogP contribution is 2.38. The number of carbonyl (C=O) groups excluding carboxylic acids is 3. The fourth-order valence-corrected chi connectivity index (χ4v) is 9.58. The zero-order valence-corrected chi connectivity index (χ0v) is 40.6. The third-order valence-corrected chi connectivity index (χ3v) is 13.3. The molecule has 8 N–H and O–H groups in total. The molecule has 1 saturated heterocycles. The number of hydroxylamine groups is 3. The number of fused-ring (bicyclic) bond motifs is 2. The largest absolute Gasteiger partial charge is 0.365 e. The second-order valence-electron chi connectivity index (χ2n) is 17.6. The van der Waals surface area contributed by atoms with Crippen molar-refractivity contribution in [1.29, 1.82) is 0 Å². The normalized spacial score (nSPS) is 14.4. The number of rotatable bonds is 15. The number of nitro benzene ring substituents is 1. The molecule has 3 aliphatic heterocycles. The molecule has 3 aliphatic rings. The van der Waals surface area contributed by atoms with Gasteiger partial charge in [-0.15, -0.1) is 0 Å². The molecule has 0 aromatic heterocycles. The summed E-state index contributed by atoms with van der Waals surface area (Å²) < 4.78 is 1.52. The fourth-order valence-electron chi connectivity index (χ4n) is 9.58. The van der Waals surface area contributed by atoms with E-state index >= 15 is 0 Å². The molecule has 1 unspecified atom stereocenters. The van der Waals surface area contributed by atoms with E-state index in [-0.39, 0.29) is 24.2 Å². The summed E-state index contributed by atoms with van der Waals surface area (Å²) in [6.07, 6.45) is 5.01. The molecular weight excluding hydrogens is 937 g/mol. The van der Waals surface area contributed by atoms with E-state index in [0.717, 1.165) is 79.9 Å². The number of carbonyl (C=O) groups is 3. The predicted molar refractivity (Wildman–Crippen MR) is 278 cm³/mol. The molecule has 8 rings (SSSR count). The second-order valence-corrected chi connectivity index (χ2v) is 17.6. The van der Waals surface area contributed by atoms with Crippen LogP contribution in [0.25, 0.3) is 0 Å². The number of anilines is 3. The third kappa shape index (κ3) is 13.7. The summed E-state index contributed by atoms with van der Waals surface area (Å²) >= 11 is 0. The van der Waals surface area contributed by atoms with Gasteiger partial charge in [0.2, 0.25) is 0 Å². The minimum absolute atomic E-state index is 0. The molecule has 0 radical (unpaired) electrons. The van der Waals surface area contributed by atoms with Crippen LogP contribution in [0.3, 0.4) is 0 Å². The van der Waals surface area contributed by atoms with Gasteiger partial charge in [0, 0.05) is 72.5 Å². The van der Waals surface area contributed by atoms with Crippen LogP contribution in [0.15, 0.2) is 103 Å². The Morgan fingerprint density at radius 2 is 1.15 bits per heavy atom. The summed E-state index contributed by atoms with van der Waals surface area (Å²) in [4.78, 5) is 54.8. The molecule has 1 atom stereocenters. The average molecular weight is 1010 g/mol. The van der Waals surface area contributed by atoms with Crippen LogP contribution in [-0.2, 0) is 25.9 Å². The Bertz CT molecular complexity index is 2760.